The summed E-state index contributed by atoms with van der Waals surface area (Å²) in [5, 5.41) is 0. The van der Waals surface area contributed by atoms with Crippen molar-refractivity contribution in [1.82, 2.24) is 0 Å². The number of carbonyl (C=O) groups is 1. The molecule has 0 aliphatic carbocycles. The van der Waals surface area contributed by atoms with Crippen molar-refractivity contribution in [2.24, 2.45) is 0 Å². The zero-order valence-electron chi connectivity index (χ0n) is 13.7. The highest BCUT2D eigenvalue weighted by atomic mass is 16.1. The fraction of sp³-hybridized carbons (Fsp3) is 0.190. The Kier molecular flexibility index (Phi) is 4.26. The van der Waals surface area contributed by atoms with Crippen LogP contribution >= 0.6 is 0 Å². The third kappa shape index (κ3) is 3.85. The van der Waals surface area contributed by atoms with Crippen LogP contribution in [0, 0.1) is 0 Å². The first kappa shape index (κ1) is 15.4. The van der Waals surface area contributed by atoms with Gasteiger partial charge in [0.25, 0.3) is 0 Å². The van der Waals surface area contributed by atoms with Gasteiger partial charge in [-0.25, -0.2) is 0 Å². The Labute approximate surface area is 138 Å². The monoisotopic (exact) mass is 304 g/mol. The zero-order valence-corrected chi connectivity index (χ0v) is 13.7. The highest BCUT2D eigenvalue weighted by Gasteiger charge is 2.32. The molecule has 2 aromatic carbocycles. The van der Waals surface area contributed by atoms with Gasteiger partial charge in [-0.1, -0.05) is 60.7 Å². The summed E-state index contributed by atoms with van der Waals surface area (Å²) < 4.78 is 0.795. The van der Waals surface area contributed by atoms with Crippen LogP contribution in [0.2, 0.25) is 0 Å². The Morgan fingerprint density at radius 2 is 1.13 bits per heavy atom. The molecule has 1 aliphatic heterocycles. The lowest BCUT2D eigenvalue weighted by Crippen LogP contribution is -2.48. The lowest BCUT2D eigenvalue weighted by molar-refractivity contribution is -0.881. The first-order valence-electron chi connectivity index (χ1n) is 7.91. The van der Waals surface area contributed by atoms with Crippen LogP contribution in [0.25, 0.3) is 12.2 Å². The molecule has 1 saturated heterocycles. The smallest absolute Gasteiger partial charge is 0.196 e. The number of benzene rings is 2. The molecule has 116 valence electrons. The van der Waals surface area contributed by atoms with Gasteiger partial charge in [0.05, 0.1) is 25.2 Å². The molecule has 1 fully saturated rings. The van der Waals surface area contributed by atoms with Crippen molar-refractivity contribution < 1.29 is 9.28 Å². The molecule has 0 saturated carbocycles. The van der Waals surface area contributed by atoms with Crippen molar-refractivity contribution in [3.05, 3.63) is 82.9 Å². The maximum atomic E-state index is 12.9. The van der Waals surface area contributed by atoms with Gasteiger partial charge in [-0.15, -0.1) is 0 Å². The first-order chi connectivity index (χ1) is 11.0. The van der Waals surface area contributed by atoms with Gasteiger partial charge in [-0.2, -0.15) is 0 Å². The molecule has 0 amide bonds. The number of nitrogens with zero attached hydrogens (tertiary/aromatic N) is 1. The van der Waals surface area contributed by atoms with Crippen LogP contribution in [0.3, 0.4) is 0 Å². The normalized spacial score (nSPS) is 20.9. The SMILES string of the molecule is C[N+]1(C)C/C(=C\c2ccccc2)C(=O)/C(=C/c2ccccc2)C1. The van der Waals surface area contributed by atoms with E-state index in [1.807, 2.05) is 72.8 Å². The predicted molar refractivity (Wildman–Crippen MR) is 95.7 cm³/mol. The minimum absolute atomic E-state index is 0.176. The second-order valence-electron chi connectivity index (χ2n) is 6.74. The molecule has 2 heteroatoms. The number of likely N-dealkylation sites (N-methyl/N-ethyl adjacent to an activating group) is 1. The van der Waals surface area contributed by atoms with Gasteiger partial charge in [0.2, 0.25) is 0 Å². The highest BCUT2D eigenvalue weighted by Crippen LogP contribution is 2.24. The van der Waals surface area contributed by atoms with Gasteiger partial charge in [0.1, 0.15) is 13.1 Å². The molecule has 0 unspecified atom stereocenters. The summed E-state index contributed by atoms with van der Waals surface area (Å²) in [4.78, 5) is 12.9. The minimum Gasteiger partial charge on any atom is -0.321 e. The first-order valence-corrected chi connectivity index (χ1v) is 7.91. The number of carbonyl (C=O) groups excluding carboxylic acids is 1. The molecule has 23 heavy (non-hydrogen) atoms. The van der Waals surface area contributed by atoms with Crippen LogP contribution in [0.1, 0.15) is 11.1 Å². The summed E-state index contributed by atoms with van der Waals surface area (Å²) in [6, 6.07) is 20.1. The number of Topliss-reactive ketones (excluding diaryl/α,β-unsaturated/α-hetero) is 1. The largest absolute Gasteiger partial charge is 0.321 e. The van der Waals surface area contributed by atoms with Crippen LogP contribution in [0.5, 0.6) is 0 Å². The molecule has 3 rings (SSSR count). The summed E-state index contributed by atoms with van der Waals surface area (Å²) in [6.07, 6.45) is 4.06. The standard InChI is InChI=1S/C21H22NO/c1-22(2)15-19(13-17-9-5-3-6-10-17)21(23)20(16-22)14-18-11-7-4-8-12-18/h3-14H,15-16H2,1-2H3/q+1/b19-13+,20-14+. The molecule has 2 aromatic rings. The van der Waals surface area contributed by atoms with Crippen molar-refractivity contribution >= 4 is 17.9 Å². The number of rotatable bonds is 2. The van der Waals surface area contributed by atoms with E-state index < -0.39 is 0 Å². The number of hydrogen-bond donors (Lipinski definition) is 0. The number of hydrogen-bond acceptors (Lipinski definition) is 1. The summed E-state index contributed by atoms with van der Waals surface area (Å²) in [7, 11) is 4.34. The average molecular weight is 304 g/mol. The highest BCUT2D eigenvalue weighted by molar-refractivity contribution is 6.14. The molecule has 0 spiro atoms. The quantitative estimate of drug-likeness (QED) is 0.609. The Bertz CT molecular complexity index is 691. The van der Waals surface area contributed by atoms with Crippen molar-refractivity contribution in [2.75, 3.05) is 27.2 Å². The molecule has 0 N–H and O–H groups in total. The molecule has 1 heterocycles. The average Bonchev–Trinajstić information content (AvgIpc) is 2.53. The third-order valence-corrected chi connectivity index (χ3v) is 4.06. The number of ketones is 1. The number of piperidine rings is 1. The van der Waals surface area contributed by atoms with Crippen LogP contribution in [0.15, 0.2) is 71.8 Å². The van der Waals surface area contributed by atoms with Gasteiger partial charge in [-0.05, 0) is 23.3 Å². The molecule has 0 atom stereocenters. The molecule has 0 radical (unpaired) electrons. The number of likely N-dealkylation sites (tertiary alicyclic amines) is 1. The Balaban J connectivity index is 1.98. The fourth-order valence-corrected chi connectivity index (χ4v) is 3.05. The lowest BCUT2D eigenvalue weighted by Gasteiger charge is -2.35. The molecule has 2 nitrogen and oxygen atoms in total. The minimum atomic E-state index is 0.176. The van der Waals surface area contributed by atoms with Gasteiger partial charge in [0.15, 0.2) is 5.78 Å². The summed E-state index contributed by atoms with van der Waals surface area (Å²) >= 11 is 0. The lowest BCUT2D eigenvalue weighted by atomic mass is 9.93. The molecule has 0 bridgehead atoms. The summed E-state index contributed by atoms with van der Waals surface area (Å²) in [5.41, 5.74) is 3.93. The van der Waals surface area contributed by atoms with E-state index in [1.54, 1.807) is 0 Å². The molecular formula is C21H22NO+. The van der Waals surface area contributed by atoms with E-state index >= 15 is 0 Å². The second-order valence-corrected chi connectivity index (χ2v) is 6.74. The van der Waals surface area contributed by atoms with Crippen molar-refractivity contribution in [3.63, 3.8) is 0 Å². The van der Waals surface area contributed by atoms with E-state index in [0.29, 0.717) is 0 Å². The fourth-order valence-electron chi connectivity index (χ4n) is 3.05. The van der Waals surface area contributed by atoms with Crippen molar-refractivity contribution in [2.45, 2.75) is 0 Å². The van der Waals surface area contributed by atoms with Crippen LogP contribution < -0.4 is 0 Å². The van der Waals surface area contributed by atoms with Gasteiger partial charge in [0, 0.05) is 0 Å². The Morgan fingerprint density at radius 1 is 0.739 bits per heavy atom. The maximum Gasteiger partial charge on any atom is 0.196 e. The molecular weight excluding hydrogens is 282 g/mol. The van der Waals surface area contributed by atoms with Crippen molar-refractivity contribution in [3.8, 4) is 0 Å². The van der Waals surface area contributed by atoms with Gasteiger partial charge < -0.3 is 4.48 Å². The maximum absolute atomic E-state index is 12.9. The molecule has 0 aromatic heterocycles. The van der Waals surface area contributed by atoms with Crippen LogP contribution in [-0.4, -0.2) is 37.5 Å². The van der Waals surface area contributed by atoms with Gasteiger partial charge >= 0.3 is 0 Å². The second kappa shape index (κ2) is 6.35. The Morgan fingerprint density at radius 3 is 1.52 bits per heavy atom. The van der Waals surface area contributed by atoms with E-state index in [0.717, 1.165) is 39.8 Å². The van der Waals surface area contributed by atoms with E-state index in [2.05, 4.69) is 14.1 Å². The summed E-state index contributed by atoms with van der Waals surface area (Å²) in [5.74, 6) is 0.176. The van der Waals surface area contributed by atoms with E-state index in [4.69, 9.17) is 0 Å². The van der Waals surface area contributed by atoms with Crippen LogP contribution in [0.4, 0.5) is 0 Å². The van der Waals surface area contributed by atoms with Gasteiger partial charge in [-0.3, -0.25) is 4.79 Å². The van der Waals surface area contributed by atoms with E-state index in [9.17, 15) is 4.79 Å². The van der Waals surface area contributed by atoms with Crippen molar-refractivity contribution in [1.29, 1.82) is 0 Å². The number of quaternary nitrogens is 1. The third-order valence-electron chi connectivity index (χ3n) is 4.06. The Hall–Kier alpha value is -2.45. The van der Waals surface area contributed by atoms with E-state index in [-0.39, 0.29) is 5.78 Å². The topological polar surface area (TPSA) is 17.1 Å². The molecule has 1 aliphatic rings. The summed E-state index contributed by atoms with van der Waals surface area (Å²) in [6.45, 7) is 1.53. The predicted octanol–water partition coefficient (Wildman–Crippen LogP) is 3.81. The van der Waals surface area contributed by atoms with Crippen LogP contribution in [-0.2, 0) is 4.79 Å². The van der Waals surface area contributed by atoms with E-state index in [1.165, 1.54) is 0 Å². The zero-order chi connectivity index (χ0) is 16.3.